The first-order chi connectivity index (χ1) is 12.2. The van der Waals surface area contributed by atoms with E-state index in [0.29, 0.717) is 17.3 Å². The monoisotopic (exact) mass is 352 g/mol. The van der Waals surface area contributed by atoms with Crippen molar-refractivity contribution in [1.29, 1.82) is 0 Å². The van der Waals surface area contributed by atoms with Gasteiger partial charge in [-0.2, -0.15) is 4.52 Å². The Balaban J connectivity index is 1.77. The van der Waals surface area contributed by atoms with Crippen molar-refractivity contribution >= 4 is 17.2 Å². The molecule has 0 saturated heterocycles. The quantitative estimate of drug-likeness (QED) is 0.606. The van der Waals surface area contributed by atoms with Gasteiger partial charge in [0.2, 0.25) is 11.2 Å². The Hall–Kier alpha value is -2.96. The first-order valence-corrected chi connectivity index (χ1v) is 7.97. The van der Waals surface area contributed by atoms with Gasteiger partial charge in [-0.05, 0) is 40.9 Å². The molecule has 25 heavy (non-hydrogen) atoms. The van der Waals surface area contributed by atoms with Gasteiger partial charge in [-0.15, -0.1) is 15.3 Å². The summed E-state index contributed by atoms with van der Waals surface area (Å²) in [6.07, 6.45) is 0. The fourth-order valence-corrected chi connectivity index (χ4v) is 2.68. The third-order valence-electron chi connectivity index (χ3n) is 3.73. The average molecular weight is 353 g/mol. The van der Waals surface area contributed by atoms with Crippen LogP contribution in [0.3, 0.4) is 0 Å². The van der Waals surface area contributed by atoms with Gasteiger partial charge in [-0.25, -0.2) is 0 Å². The van der Waals surface area contributed by atoms with Crippen LogP contribution in [0.25, 0.3) is 16.8 Å². The molecule has 0 aliphatic heterocycles. The van der Waals surface area contributed by atoms with E-state index in [1.165, 1.54) is 4.52 Å². The maximum Gasteiger partial charge on any atom is 0.246 e. The molecule has 0 atom stereocenters. The summed E-state index contributed by atoms with van der Waals surface area (Å²) in [6.45, 7) is -0.0410. The summed E-state index contributed by atoms with van der Waals surface area (Å²) >= 11 is 5.96. The van der Waals surface area contributed by atoms with Crippen LogP contribution in [-0.2, 0) is 6.61 Å². The van der Waals surface area contributed by atoms with Crippen LogP contribution in [0.5, 0.6) is 11.6 Å². The molecule has 2 aromatic heterocycles. The second-order valence-corrected chi connectivity index (χ2v) is 5.71. The van der Waals surface area contributed by atoms with Gasteiger partial charge in [-0.1, -0.05) is 36.4 Å². The van der Waals surface area contributed by atoms with Crippen LogP contribution >= 0.6 is 11.6 Å². The molecule has 6 nitrogen and oxygen atoms in total. The summed E-state index contributed by atoms with van der Waals surface area (Å²) in [5, 5.41) is 21.5. The van der Waals surface area contributed by atoms with Gasteiger partial charge in [0, 0.05) is 11.6 Å². The van der Waals surface area contributed by atoms with E-state index in [0.717, 1.165) is 16.7 Å². The molecule has 0 radical (unpaired) electrons. The number of aromatic nitrogens is 4. The van der Waals surface area contributed by atoms with Crippen LogP contribution in [0.1, 0.15) is 5.56 Å². The average Bonchev–Trinajstić information content (AvgIpc) is 3.03. The first-order valence-electron chi connectivity index (χ1n) is 7.59. The van der Waals surface area contributed by atoms with E-state index >= 15 is 0 Å². The van der Waals surface area contributed by atoms with Crippen molar-refractivity contribution in [1.82, 2.24) is 19.8 Å². The molecule has 0 spiro atoms. The standard InChI is InChI=1S/C18H13ClN4O2/c19-18-21-20-16-8-9-17(22-23(16)18)25-15-7-6-12(11-24)10-14(15)13-4-2-1-3-5-13/h1-10,24H,11H2. The van der Waals surface area contributed by atoms with Crippen molar-refractivity contribution in [2.75, 3.05) is 0 Å². The number of aliphatic hydroxyl groups is 1. The summed E-state index contributed by atoms with van der Waals surface area (Å²) in [7, 11) is 0. The molecule has 0 fully saturated rings. The van der Waals surface area contributed by atoms with Crippen molar-refractivity contribution in [2.24, 2.45) is 0 Å². The molecule has 0 aliphatic rings. The fraction of sp³-hybridized carbons (Fsp3) is 0.0556. The van der Waals surface area contributed by atoms with E-state index in [2.05, 4.69) is 15.3 Å². The summed E-state index contributed by atoms with van der Waals surface area (Å²) < 4.78 is 7.37. The molecule has 7 heteroatoms. The van der Waals surface area contributed by atoms with Crippen molar-refractivity contribution in [3.05, 3.63) is 71.5 Å². The molecule has 2 aromatic carbocycles. The fourth-order valence-electron chi connectivity index (χ4n) is 2.52. The molecule has 4 rings (SSSR count). The number of fused-ring (bicyclic) bond motifs is 1. The molecule has 4 aromatic rings. The molecule has 2 heterocycles. The molecular formula is C18H13ClN4O2. The van der Waals surface area contributed by atoms with Crippen LogP contribution in [0, 0.1) is 0 Å². The van der Waals surface area contributed by atoms with Crippen molar-refractivity contribution in [2.45, 2.75) is 6.61 Å². The maximum atomic E-state index is 9.43. The Labute approximate surface area is 148 Å². The zero-order chi connectivity index (χ0) is 17.2. The summed E-state index contributed by atoms with van der Waals surface area (Å²) in [5.74, 6) is 0.988. The Bertz CT molecular complexity index is 1030. The van der Waals surface area contributed by atoms with Crippen molar-refractivity contribution in [3.8, 4) is 22.8 Å². The van der Waals surface area contributed by atoms with Crippen LogP contribution in [0.4, 0.5) is 0 Å². The van der Waals surface area contributed by atoms with Gasteiger partial charge in [0.05, 0.1) is 6.61 Å². The van der Waals surface area contributed by atoms with Gasteiger partial charge in [0.25, 0.3) is 0 Å². The lowest BCUT2D eigenvalue weighted by molar-refractivity contribution is 0.282. The van der Waals surface area contributed by atoms with Crippen LogP contribution in [-0.4, -0.2) is 24.9 Å². The minimum Gasteiger partial charge on any atom is -0.437 e. The molecule has 0 saturated carbocycles. The first kappa shape index (κ1) is 15.6. The lowest BCUT2D eigenvalue weighted by Gasteiger charge is -2.12. The Kier molecular flexibility index (Phi) is 4.05. The largest absolute Gasteiger partial charge is 0.437 e. The minimum absolute atomic E-state index is 0.0410. The van der Waals surface area contributed by atoms with E-state index in [9.17, 15) is 5.11 Å². The number of benzene rings is 2. The predicted molar refractivity (Wildman–Crippen MR) is 93.7 cm³/mol. The topological polar surface area (TPSA) is 72.5 Å². The second kappa shape index (κ2) is 6.51. The maximum absolute atomic E-state index is 9.43. The van der Waals surface area contributed by atoms with Crippen molar-refractivity contribution in [3.63, 3.8) is 0 Å². The second-order valence-electron chi connectivity index (χ2n) is 5.37. The van der Waals surface area contributed by atoms with Crippen LogP contribution in [0.2, 0.25) is 5.28 Å². The highest BCUT2D eigenvalue weighted by molar-refractivity contribution is 6.28. The number of hydrogen-bond donors (Lipinski definition) is 1. The lowest BCUT2D eigenvalue weighted by Crippen LogP contribution is -1.97. The zero-order valence-electron chi connectivity index (χ0n) is 13.0. The Morgan fingerprint density at radius 3 is 2.64 bits per heavy atom. The Morgan fingerprint density at radius 2 is 1.84 bits per heavy atom. The number of ether oxygens (including phenoxy) is 1. The summed E-state index contributed by atoms with van der Waals surface area (Å²) in [4.78, 5) is 0. The van der Waals surface area contributed by atoms with E-state index in [-0.39, 0.29) is 11.9 Å². The number of rotatable bonds is 4. The van der Waals surface area contributed by atoms with Gasteiger partial charge >= 0.3 is 0 Å². The number of hydrogen-bond acceptors (Lipinski definition) is 5. The smallest absolute Gasteiger partial charge is 0.246 e. The molecule has 0 aliphatic carbocycles. The highest BCUT2D eigenvalue weighted by atomic mass is 35.5. The summed E-state index contributed by atoms with van der Waals surface area (Å²) in [5.41, 5.74) is 3.19. The van der Waals surface area contributed by atoms with E-state index in [4.69, 9.17) is 16.3 Å². The van der Waals surface area contributed by atoms with E-state index in [1.54, 1.807) is 12.1 Å². The SMILES string of the molecule is OCc1ccc(Oc2ccc3nnc(Cl)n3n2)c(-c2ccccc2)c1. The third-order valence-corrected chi connectivity index (χ3v) is 3.96. The number of halogens is 1. The Morgan fingerprint density at radius 1 is 1.00 bits per heavy atom. The number of nitrogens with zero attached hydrogens (tertiary/aromatic N) is 4. The van der Waals surface area contributed by atoms with Crippen molar-refractivity contribution < 1.29 is 9.84 Å². The molecule has 0 bridgehead atoms. The molecule has 0 unspecified atom stereocenters. The van der Waals surface area contributed by atoms with Gasteiger partial charge in [0.1, 0.15) is 5.75 Å². The van der Waals surface area contributed by atoms with Crippen LogP contribution < -0.4 is 4.74 Å². The van der Waals surface area contributed by atoms with Gasteiger partial charge in [-0.3, -0.25) is 0 Å². The predicted octanol–water partition coefficient (Wildman–Crippen LogP) is 3.73. The van der Waals surface area contributed by atoms with Gasteiger partial charge in [0.15, 0.2) is 5.65 Å². The highest BCUT2D eigenvalue weighted by Gasteiger charge is 2.11. The molecule has 0 amide bonds. The highest BCUT2D eigenvalue weighted by Crippen LogP contribution is 2.33. The van der Waals surface area contributed by atoms with Crippen LogP contribution in [0.15, 0.2) is 60.7 Å². The zero-order valence-corrected chi connectivity index (χ0v) is 13.8. The lowest BCUT2D eigenvalue weighted by atomic mass is 10.0. The number of aliphatic hydroxyl groups excluding tert-OH is 1. The normalized spacial score (nSPS) is 11.0. The minimum atomic E-state index is -0.0410. The molecular weight excluding hydrogens is 340 g/mol. The van der Waals surface area contributed by atoms with E-state index in [1.807, 2.05) is 48.5 Å². The molecule has 124 valence electrons. The molecule has 1 N–H and O–H groups in total. The third kappa shape index (κ3) is 3.05. The van der Waals surface area contributed by atoms with E-state index < -0.39 is 0 Å². The summed E-state index contributed by atoms with van der Waals surface area (Å²) in [6, 6.07) is 18.8. The van der Waals surface area contributed by atoms with Gasteiger partial charge < -0.3 is 9.84 Å².